The molecule has 0 aliphatic carbocycles. The molecule has 2 aromatic carbocycles. The fraction of sp³-hybridized carbons (Fsp3) is 0.263. The molecule has 0 aliphatic heterocycles. The molecular formula is C19H20ClN3O4S. The number of thiocarbonyl (C=S) groups is 1. The van der Waals surface area contributed by atoms with E-state index in [9.17, 15) is 14.9 Å². The molecule has 0 heterocycles. The Morgan fingerprint density at radius 3 is 2.71 bits per heavy atom. The maximum atomic E-state index is 12.4. The standard InChI is InChI=1S/C19H20ClN3O4S/c1-12(2)8-9-27-15-5-3-4-13(10-15)18(24)22-19(28)21-16-7-6-14(20)11-17(16)23(25)26/h3-7,10-12H,8-9H2,1-2H3,(H2,21,22,24,28). The Hall–Kier alpha value is -2.71. The van der Waals surface area contributed by atoms with E-state index >= 15 is 0 Å². The van der Waals surface area contributed by atoms with Gasteiger partial charge in [0.15, 0.2) is 5.11 Å². The van der Waals surface area contributed by atoms with Gasteiger partial charge < -0.3 is 10.1 Å². The van der Waals surface area contributed by atoms with Crippen LogP contribution < -0.4 is 15.4 Å². The van der Waals surface area contributed by atoms with Crippen molar-refractivity contribution in [3.05, 3.63) is 63.2 Å². The first-order valence-corrected chi connectivity index (χ1v) is 9.34. The van der Waals surface area contributed by atoms with Crippen LogP contribution >= 0.6 is 23.8 Å². The average molecular weight is 422 g/mol. The molecule has 0 saturated heterocycles. The van der Waals surface area contributed by atoms with Crippen LogP contribution in [0.2, 0.25) is 5.02 Å². The zero-order valence-corrected chi connectivity index (χ0v) is 17.0. The van der Waals surface area contributed by atoms with Crippen molar-refractivity contribution in [2.75, 3.05) is 11.9 Å². The van der Waals surface area contributed by atoms with Crippen LogP contribution in [-0.4, -0.2) is 22.5 Å². The van der Waals surface area contributed by atoms with E-state index in [1.165, 1.54) is 18.2 Å². The van der Waals surface area contributed by atoms with Gasteiger partial charge in [-0.3, -0.25) is 20.2 Å². The van der Waals surface area contributed by atoms with Crippen molar-refractivity contribution >= 4 is 46.2 Å². The van der Waals surface area contributed by atoms with E-state index in [0.717, 1.165) is 6.42 Å². The van der Waals surface area contributed by atoms with Gasteiger partial charge in [0, 0.05) is 16.7 Å². The predicted octanol–water partition coefficient (Wildman–Crippen LogP) is 4.80. The molecule has 0 radical (unpaired) electrons. The molecule has 0 bridgehead atoms. The highest BCUT2D eigenvalue weighted by atomic mass is 35.5. The highest BCUT2D eigenvalue weighted by Crippen LogP contribution is 2.27. The first kappa shape index (κ1) is 21.6. The molecule has 0 atom stereocenters. The van der Waals surface area contributed by atoms with Crippen molar-refractivity contribution in [3.63, 3.8) is 0 Å². The van der Waals surface area contributed by atoms with Crippen LogP contribution in [0, 0.1) is 16.0 Å². The number of halogens is 1. The minimum absolute atomic E-state index is 0.0680. The van der Waals surface area contributed by atoms with Gasteiger partial charge in [-0.2, -0.15) is 0 Å². The molecule has 9 heteroatoms. The maximum Gasteiger partial charge on any atom is 0.294 e. The number of amides is 1. The Kier molecular flexibility index (Phi) is 7.71. The number of nitrogens with zero attached hydrogens (tertiary/aromatic N) is 1. The molecule has 1 amide bonds. The lowest BCUT2D eigenvalue weighted by atomic mass is 10.1. The maximum absolute atomic E-state index is 12.4. The minimum atomic E-state index is -0.587. The molecule has 0 fully saturated rings. The second kappa shape index (κ2) is 10.0. The lowest BCUT2D eigenvalue weighted by Crippen LogP contribution is -2.34. The van der Waals surface area contributed by atoms with Gasteiger partial charge in [-0.25, -0.2) is 0 Å². The first-order valence-electron chi connectivity index (χ1n) is 8.55. The minimum Gasteiger partial charge on any atom is -0.494 e. The smallest absolute Gasteiger partial charge is 0.294 e. The van der Waals surface area contributed by atoms with Gasteiger partial charge >= 0.3 is 0 Å². The monoisotopic (exact) mass is 421 g/mol. The van der Waals surface area contributed by atoms with Gasteiger partial charge in [0.25, 0.3) is 11.6 Å². The summed E-state index contributed by atoms with van der Waals surface area (Å²) in [5, 5.41) is 16.4. The van der Waals surface area contributed by atoms with Gasteiger partial charge in [0.1, 0.15) is 11.4 Å². The molecular weight excluding hydrogens is 402 g/mol. The van der Waals surface area contributed by atoms with Gasteiger partial charge in [-0.15, -0.1) is 0 Å². The Balaban J connectivity index is 2.01. The Morgan fingerprint density at radius 1 is 1.29 bits per heavy atom. The van der Waals surface area contributed by atoms with E-state index in [1.807, 2.05) is 0 Å². The zero-order valence-electron chi connectivity index (χ0n) is 15.4. The number of hydrogen-bond donors (Lipinski definition) is 2. The lowest BCUT2D eigenvalue weighted by Gasteiger charge is -2.11. The third kappa shape index (κ3) is 6.47. The van der Waals surface area contributed by atoms with Crippen molar-refractivity contribution in [3.8, 4) is 5.75 Å². The molecule has 0 saturated carbocycles. The van der Waals surface area contributed by atoms with E-state index in [-0.39, 0.29) is 21.5 Å². The molecule has 2 aromatic rings. The van der Waals surface area contributed by atoms with Gasteiger partial charge in [-0.1, -0.05) is 31.5 Å². The molecule has 0 spiro atoms. The van der Waals surface area contributed by atoms with E-state index in [1.54, 1.807) is 24.3 Å². The fourth-order valence-corrected chi connectivity index (χ4v) is 2.60. The number of benzene rings is 2. The number of anilines is 1. The average Bonchev–Trinajstić information content (AvgIpc) is 2.63. The summed E-state index contributed by atoms with van der Waals surface area (Å²) in [6.45, 7) is 4.77. The van der Waals surface area contributed by atoms with Crippen molar-refractivity contribution in [2.45, 2.75) is 20.3 Å². The van der Waals surface area contributed by atoms with Crippen LogP contribution in [0.15, 0.2) is 42.5 Å². The largest absolute Gasteiger partial charge is 0.494 e. The van der Waals surface area contributed by atoms with E-state index < -0.39 is 10.8 Å². The van der Waals surface area contributed by atoms with Crippen molar-refractivity contribution in [2.24, 2.45) is 5.92 Å². The van der Waals surface area contributed by atoms with Crippen molar-refractivity contribution < 1.29 is 14.5 Å². The van der Waals surface area contributed by atoms with Crippen LogP contribution in [0.25, 0.3) is 0 Å². The van der Waals surface area contributed by atoms with Crippen LogP contribution in [0.3, 0.4) is 0 Å². The molecule has 0 aliphatic rings. The summed E-state index contributed by atoms with van der Waals surface area (Å²) in [7, 11) is 0. The van der Waals surface area contributed by atoms with Gasteiger partial charge in [0.2, 0.25) is 0 Å². The number of carbonyl (C=O) groups excluding carboxylic acids is 1. The third-order valence-corrected chi connectivity index (χ3v) is 4.13. The molecule has 28 heavy (non-hydrogen) atoms. The molecule has 0 aromatic heterocycles. The first-order chi connectivity index (χ1) is 13.3. The molecule has 7 nitrogen and oxygen atoms in total. The summed E-state index contributed by atoms with van der Waals surface area (Å²) in [6, 6.07) is 10.8. The normalized spacial score (nSPS) is 10.4. The Labute approximate surface area is 173 Å². The summed E-state index contributed by atoms with van der Waals surface area (Å²) in [6.07, 6.45) is 0.907. The quantitative estimate of drug-likeness (QED) is 0.379. The second-order valence-electron chi connectivity index (χ2n) is 6.39. The number of nitro groups is 1. The number of nitrogens with one attached hydrogen (secondary N) is 2. The number of ether oxygens (including phenoxy) is 1. The number of carbonyl (C=O) groups is 1. The number of nitro benzene ring substituents is 1. The lowest BCUT2D eigenvalue weighted by molar-refractivity contribution is -0.383. The molecule has 2 rings (SSSR count). The Morgan fingerprint density at radius 2 is 2.04 bits per heavy atom. The SMILES string of the molecule is CC(C)CCOc1cccc(C(=O)NC(=S)Nc2ccc(Cl)cc2[N+](=O)[O-])c1. The van der Waals surface area contributed by atoms with Crippen molar-refractivity contribution in [1.29, 1.82) is 0 Å². The highest BCUT2D eigenvalue weighted by molar-refractivity contribution is 7.80. The van der Waals surface area contributed by atoms with Gasteiger partial charge in [-0.05, 0) is 54.9 Å². The van der Waals surface area contributed by atoms with Crippen LogP contribution in [0.5, 0.6) is 5.75 Å². The van der Waals surface area contributed by atoms with Crippen molar-refractivity contribution in [1.82, 2.24) is 5.32 Å². The fourth-order valence-electron chi connectivity index (χ4n) is 2.23. The van der Waals surface area contributed by atoms with Crippen LogP contribution in [-0.2, 0) is 0 Å². The summed E-state index contributed by atoms with van der Waals surface area (Å²) >= 11 is 10.9. The highest BCUT2D eigenvalue weighted by Gasteiger charge is 2.16. The third-order valence-electron chi connectivity index (χ3n) is 3.69. The second-order valence-corrected chi connectivity index (χ2v) is 7.23. The zero-order chi connectivity index (χ0) is 20.7. The topological polar surface area (TPSA) is 93.5 Å². The Bertz CT molecular complexity index is 889. The summed E-state index contributed by atoms with van der Waals surface area (Å²) in [5.74, 6) is 0.649. The molecule has 148 valence electrons. The van der Waals surface area contributed by atoms with E-state index in [0.29, 0.717) is 23.8 Å². The summed E-state index contributed by atoms with van der Waals surface area (Å²) in [5.41, 5.74) is 0.243. The molecule has 0 unspecified atom stereocenters. The number of hydrogen-bond acceptors (Lipinski definition) is 5. The van der Waals surface area contributed by atoms with E-state index in [4.69, 9.17) is 28.6 Å². The summed E-state index contributed by atoms with van der Waals surface area (Å²) < 4.78 is 5.65. The van der Waals surface area contributed by atoms with Crippen LogP contribution in [0.4, 0.5) is 11.4 Å². The molecule has 2 N–H and O–H groups in total. The number of rotatable bonds is 7. The van der Waals surface area contributed by atoms with Gasteiger partial charge in [0.05, 0.1) is 11.5 Å². The van der Waals surface area contributed by atoms with E-state index in [2.05, 4.69) is 24.5 Å². The summed E-state index contributed by atoms with van der Waals surface area (Å²) in [4.78, 5) is 22.9. The van der Waals surface area contributed by atoms with Crippen LogP contribution in [0.1, 0.15) is 30.6 Å². The predicted molar refractivity (Wildman–Crippen MR) is 113 cm³/mol.